The van der Waals surface area contributed by atoms with Crippen molar-refractivity contribution in [2.24, 2.45) is 0 Å². The highest BCUT2D eigenvalue weighted by molar-refractivity contribution is 9.10. The van der Waals surface area contributed by atoms with Crippen molar-refractivity contribution in [1.82, 2.24) is 0 Å². The third kappa shape index (κ3) is 4.50. The Hall–Kier alpha value is -3.09. The van der Waals surface area contributed by atoms with E-state index in [0.29, 0.717) is 33.0 Å². The zero-order valence-corrected chi connectivity index (χ0v) is 18.7. The van der Waals surface area contributed by atoms with Crippen LogP contribution in [0.4, 0.5) is 5.69 Å². The van der Waals surface area contributed by atoms with E-state index < -0.39 is 12.0 Å². The quantitative estimate of drug-likeness (QED) is 0.309. The molecule has 0 saturated carbocycles. The number of nitrogens with one attached hydrogen (secondary N) is 1. The molecule has 1 N–H and O–H groups in total. The van der Waals surface area contributed by atoms with E-state index in [4.69, 9.17) is 20.8 Å². The predicted molar refractivity (Wildman–Crippen MR) is 124 cm³/mol. The van der Waals surface area contributed by atoms with Crippen molar-refractivity contribution in [3.63, 3.8) is 0 Å². The highest BCUT2D eigenvalue weighted by Gasteiger charge is 2.25. The van der Waals surface area contributed by atoms with Gasteiger partial charge in [0.15, 0.2) is 11.9 Å². The Labute approximate surface area is 192 Å². The standard InChI is InChI=1S/C24H17BrClNO4/c1-14(30-20-9-5-3-7-18(20)26)24(29)27-21-17-6-2-4-8-19(17)31-23(21)22(28)15-10-12-16(25)13-11-15/h2-14H,1H3,(H,27,29). The largest absolute Gasteiger partial charge is 0.479 e. The zero-order valence-electron chi connectivity index (χ0n) is 16.4. The molecule has 0 aliphatic heterocycles. The smallest absolute Gasteiger partial charge is 0.265 e. The van der Waals surface area contributed by atoms with Crippen LogP contribution in [0.25, 0.3) is 11.0 Å². The summed E-state index contributed by atoms with van der Waals surface area (Å²) in [4.78, 5) is 26.0. The van der Waals surface area contributed by atoms with Crippen LogP contribution in [0.2, 0.25) is 5.02 Å². The second-order valence-corrected chi connectivity index (χ2v) is 8.14. The van der Waals surface area contributed by atoms with Crippen molar-refractivity contribution < 1.29 is 18.7 Å². The summed E-state index contributed by atoms with van der Waals surface area (Å²) in [5.74, 6) is -0.313. The van der Waals surface area contributed by atoms with E-state index in [-0.39, 0.29) is 11.5 Å². The van der Waals surface area contributed by atoms with Crippen LogP contribution in [0.15, 0.2) is 81.7 Å². The third-order valence-corrected chi connectivity index (χ3v) is 5.51. The van der Waals surface area contributed by atoms with Crippen LogP contribution in [0.1, 0.15) is 23.0 Å². The van der Waals surface area contributed by atoms with Gasteiger partial charge in [0, 0.05) is 15.4 Å². The second kappa shape index (κ2) is 8.96. The normalized spacial score (nSPS) is 11.8. The van der Waals surface area contributed by atoms with Gasteiger partial charge in [0.25, 0.3) is 5.91 Å². The Morgan fingerprint density at radius 3 is 2.42 bits per heavy atom. The van der Waals surface area contributed by atoms with Crippen LogP contribution in [-0.2, 0) is 4.79 Å². The molecule has 1 unspecified atom stereocenters. The van der Waals surface area contributed by atoms with Gasteiger partial charge in [-0.2, -0.15) is 0 Å². The summed E-state index contributed by atoms with van der Waals surface area (Å²) in [6.45, 7) is 1.61. The van der Waals surface area contributed by atoms with E-state index in [1.165, 1.54) is 0 Å². The van der Waals surface area contributed by atoms with Crippen LogP contribution in [-0.4, -0.2) is 17.8 Å². The molecule has 1 aromatic heterocycles. The number of hydrogen-bond acceptors (Lipinski definition) is 4. The van der Waals surface area contributed by atoms with E-state index in [1.54, 1.807) is 73.7 Å². The Morgan fingerprint density at radius 2 is 1.68 bits per heavy atom. The molecule has 5 nitrogen and oxygen atoms in total. The number of benzene rings is 3. The Bertz CT molecular complexity index is 1270. The second-order valence-electron chi connectivity index (χ2n) is 6.82. The molecule has 3 aromatic carbocycles. The molecule has 0 bridgehead atoms. The van der Waals surface area contributed by atoms with Crippen LogP contribution >= 0.6 is 27.5 Å². The van der Waals surface area contributed by atoms with E-state index in [9.17, 15) is 9.59 Å². The Kier molecular flexibility index (Phi) is 6.11. The minimum Gasteiger partial charge on any atom is -0.479 e. The number of ether oxygens (including phenoxy) is 1. The van der Waals surface area contributed by atoms with Crippen LogP contribution in [0, 0.1) is 0 Å². The van der Waals surface area contributed by atoms with E-state index in [1.807, 2.05) is 6.07 Å². The van der Waals surface area contributed by atoms with Crippen LogP contribution in [0.3, 0.4) is 0 Å². The molecule has 7 heteroatoms. The fraction of sp³-hybridized carbons (Fsp3) is 0.0833. The fourth-order valence-electron chi connectivity index (χ4n) is 3.07. The summed E-state index contributed by atoms with van der Waals surface area (Å²) in [5, 5.41) is 3.84. The van der Waals surface area contributed by atoms with Crippen molar-refractivity contribution >= 4 is 55.9 Å². The molecular weight excluding hydrogens is 482 g/mol. The summed E-state index contributed by atoms with van der Waals surface area (Å²) < 4.78 is 12.4. The number of fused-ring (bicyclic) bond motifs is 1. The zero-order chi connectivity index (χ0) is 22.0. The van der Waals surface area contributed by atoms with Crippen molar-refractivity contribution in [2.45, 2.75) is 13.0 Å². The van der Waals surface area contributed by atoms with E-state index in [2.05, 4.69) is 21.2 Å². The van der Waals surface area contributed by atoms with Crippen LogP contribution < -0.4 is 10.1 Å². The maximum atomic E-state index is 13.1. The van der Waals surface area contributed by atoms with Gasteiger partial charge >= 0.3 is 0 Å². The number of furan rings is 1. The molecule has 0 aliphatic carbocycles. The summed E-state index contributed by atoms with van der Waals surface area (Å²) >= 11 is 9.48. The summed E-state index contributed by atoms with van der Waals surface area (Å²) in [7, 11) is 0. The molecule has 0 radical (unpaired) electrons. The number of anilines is 1. The average molecular weight is 499 g/mol. The van der Waals surface area contributed by atoms with Gasteiger partial charge in [0.2, 0.25) is 5.78 Å². The molecule has 156 valence electrons. The molecule has 1 heterocycles. The number of hydrogen-bond donors (Lipinski definition) is 1. The lowest BCUT2D eigenvalue weighted by Crippen LogP contribution is -2.30. The van der Waals surface area contributed by atoms with Gasteiger partial charge in [-0.3, -0.25) is 9.59 Å². The first-order valence-electron chi connectivity index (χ1n) is 9.48. The first-order valence-corrected chi connectivity index (χ1v) is 10.6. The lowest BCUT2D eigenvalue weighted by atomic mass is 10.1. The predicted octanol–water partition coefficient (Wildman–Crippen LogP) is 6.49. The third-order valence-electron chi connectivity index (χ3n) is 4.67. The lowest BCUT2D eigenvalue weighted by Gasteiger charge is -2.15. The Balaban J connectivity index is 1.65. The average Bonchev–Trinajstić information content (AvgIpc) is 3.13. The Morgan fingerprint density at radius 1 is 1.00 bits per heavy atom. The molecule has 1 amide bonds. The fourth-order valence-corrected chi connectivity index (χ4v) is 3.52. The molecule has 0 spiro atoms. The van der Waals surface area contributed by atoms with Gasteiger partial charge in [0.05, 0.1) is 10.7 Å². The monoisotopic (exact) mass is 497 g/mol. The van der Waals surface area contributed by atoms with Crippen LogP contribution in [0.5, 0.6) is 5.75 Å². The van der Waals surface area contributed by atoms with Crippen molar-refractivity contribution in [2.75, 3.05) is 5.32 Å². The summed E-state index contributed by atoms with van der Waals surface area (Å²) in [5.41, 5.74) is 1.25. The highest BCUT2D eigenvalue weighted by Crippen LogP contribution is 2.33. The minimum atomic E-state index is -0.857. The molecule has 31 heavy (non-hydrogen) atoms. The lowest BCUT2D eigenvalue weighted by molar-refractivity contribution is -0.122. The van der Waals surface area contributed by atoms with E-state index >= 15 is 0 Å². The van der Waals surface area contributed by atoms with Gasteiger partial charge in [-0.1, -0.05) is 51.8 Å². The van der Waals surface area contributed by atoms with Crippen molar-refractivity contribution in [1.29, 1.82) is 0 Å². The van der Waals surface area contributed by atoms with Gasteiger partial charge in [-0.25, -0.2) is 0 Å². The van der Waals surface area contributed by atoms with Gasteiger partial charge in [-0.05, 0) is 55.5 Å². The summed E-state index contributed by atoms with van der Waals surface area (Å²) in [6, 6.07) is 21.0. The molecule has 1 atom stereocenters. The van der Waals surface area contributed by atoms with Crippen molar-refractivity contribution in [3.8, 4) is 5.75 Å². The molecule has 0 fully saturated rings. The maximum Gasteiger partial charge on any atom is 0.265 e. The first-order chi connectivity index (χ1) is 14.9. The number of amides is 1. The number of halogens is 2. The highest BCUT2D eigenvalue weighted by atomic mass is 79.9. The van der Waals surface area contributed by atoms with Gasteiger partial charge < -0.3 is 14.5 Å². The number of ketones is 1. The first kappa shape index (κ1) is 21.2. The van der Waals surface area contributed by atoms with Gasteiger partial charge in [-0.15, -0.1) is 0 Å². The number of carbonyl (C=O) groups excluding carboxylic acids is 2. The van der Waals surface area contributed by atoms with Crippen molar-refractivity contribution in [3.05, 3.63) is 93.6 Å². The van der Waals surface area contributed by atoms with E-state index in [0.717, 1.165) is 4.47 Å². The SMILES string of the molecule is CC(Oc1ccccc1Cl)C(=O)Nc1c(C(=O)c2ccc(Br)cc2)oc2ccccc12. The molecule has 4 rings (SSSR count). The van der Waals surface area contributed by atoms with Gasteiger partial charge in [0.1, 0.15) is 11.3 Å². The number of carbonyl (C=O) groups is 2. The molecule has 0 aliphatic rings. The summed E-state index contributed by atoms with van der Waals surface area (Å²) in [6.07, 6.45) is -0.857. The maximum absolute atomic E-state index is 13.1. The topological polar surface area (TPSA) is 68.5 Å². The minimum absolute atomic E-state index is 0.0572. The molecule has 4 aromatic rings. The number of rotatable bonds is 6. The molecular formula is C24H17BrClNO4. The molecule has 0 saturated heterocycles. The number of para-hydroxylation sites is 2.